The SMILES string of the molecule is N#CC[C@@H](C1CCCC1)n1cc2c(n1)C(=O)C1C=Nc3nccc-2c31. The van der Waals surface area contributed by atoms with Crippen LogP contribution in [0.2, 0.25) is 0 Å². The maximum atomic E-state index is 12.9. The maximum Gasteiger partial charge on any atom is 0.196 e. The number of aromatic nitrogens is 3. The van der Waals surface area contributed by atoms with Crippen LogP contribution in [0, 0.1) is 17.2 Å². The molecular formula is C19H17N5O. The third-order valence-corrected chi connectivity index (χ3v) is 5.75. The molecule has 0 amide bonds. The summed E-state index contributed by atoms with van der Waals surface area (Å²) in [5.74, 6) is 0.724. The van der Waals surface area contributed by atoms with Crippen molar-refractivity contribution >= 4 is 17.8 Å². The predicted molar refractivity (Wildman–Crippen MR) is 91.9 cm³/mol. The van der Waals surface area contributed by atoms with Gasteiger partial charge in [0.15, 0.2) is 11.6 Å². The Balaban J connectivity index is 1.63. The van der Waals surface area contributed by atoms with Gasteiger partial charge in [0.2, 0.25) is 0 Å². The minimum Gasteiger partial charge on any atom is -0.291 e. The number of ketones is 1. The molecule has 2 aromatic heterocycles. The quantitative estimate of drug-likeness (QED) is 0.860. The Hall–Kier alpha value is -2.81. The second-order valence-corrected chi connectivity index (χ2v) is 7.06. The number of pyridine rings is 1. The largest absolute Gasteiger partial charge is 0.291 e. The molecule has 0 radical (unpaired) electrons. The van der Waals surface area contributed by atoms with Crippen LogP contribution in [0.3, 0.4) is 0 Å². The van der Waals surface area contributed by atoms with Crippen molar-refractivity contribution in [1.29, 1.82) is 5.26 Å². The molecule has 0 N–H and O–H groups in total. The number of carbonyl (C=O) groups is 1. The molecule has 0 saturated heterocycles. The maximum absolute atomic E-state index is 12.9. The molecule has 0 aromatic carbocycles. The van der Waals surface area contributed by atoms with Crippen LogP contribution in [-0.4, -0.2) is 26.8 Å². The van der Waals surface area contributed by atoms with Crippen molar-refractivity contribution in [3.63, 3.8) is 0 Å². The average Bonchev–Trinajstić information content (AvgIpc) is 3.37. The van der Waals surface area contributed by atoms with Crippen molar-refractivity contribution in [2.75, 3.05) is 0 Å². The van der Waals surface area contributed by atoms with Crippen LogP contribution in [0.1, 0.15) is 60.1 Å². The monoisotopic (exact) mass is 331 g/mol. The van der Waals surface area contributed by atoms with Gasteiger partial charge in [0.1, 0.15) is 5.69 Å². The van der Waals surface area contributed by atoms with Crippen LogP contribution in [0.25, 0.3) is 11.1 Å². The summed E-state index contributed by atoms with van der Waals surface area (Å²) in [5, 5.41) is 13.9. The number of hydrogen-bond donors (Lipinski definition) is 0. The first-order valence-corrected chi connectivity index (χ1v) is 8.81. The summed E-state index contributed by atoms with van der Waals surface area (Å²) in [6.07, 6.45) is 10.5. The van der Waals surface area contributed by atoms with Gasteiger partial charge < -0.3 is 0 Å². The third-order valence-electron chi connectivity index (χ3n) is 5.75. The average molecular weight is 331 g/mol. The van der Waals surface area contributed by atoms with Crippen molar-refractivity contribution < 1.29 is 4.79 Å². The number of Topliss-reactive ketones (excluding diaryl/α,β-unsaturated/α-hetero) is 1. The summed E-state index contributed by atoms with van der Waals surface area (Å²) in [5.41, 5.74) is 3.25. The molecule has 25 heavy (non-hydrogen) atoms. The molecule has 1 aliphatic heterocycles. The van der Waals surface area contributed by atoms with Crippen molar-refractivity contribution in [1.82, 2.24) is 14.8 Å². The molecule has 1 saturated carbocycles. The molecule has 6 nitrogen and oxygen atoms in total. The molecule has 124 valence electrons. The van der Waals surface area contributed by atoms with Crippen LogP contribution in [0.15, 0.2) is 23.5 Å². The summed E-state index contributed by atoms with van der Waals surface area (Å²) in [6.45, 7) is 0. The van der Waals surface area contributed by atoms with Gasteiger partial charge in [-0.25, -0.2) is 9.98 Å². The van der Waals surface area contributed by atoms with Crippen molar-refractivity contribution in [2.45, 2.75) is 44.1 Å². The Labute approximate surface area is 145 Å². The minimum absolute atomic E-state index is 0.0149. The number of hydrogen-bond acceptors (Lipinski definition) is 5. The van der Waals surface area contributed by atoms with Crippen LogP contribution >= 0.6 is 0 Å². The smallest absolute Gasteiger partial charge is 0.196 e. The van der Waals surface area contributed by atoms with Gasteiger partial charge >= 0.3 is 0 Å². The highest BCUT2D eigenvalue weighted by Gasteiger charge is 2.39. The molecule has 6 heteroatoms. The first kappa shape index (κ1) is 14.5. The highest BCUT2D eigenvalue weighted by atomic mass is 16.1. The summed E-state index contributed by atoms with van der Waals surface area (Å²) in [6, 6.07) is 4.29. The molecule has 5 rings (SSSR count). The van der Waals surface area contributed by atoms with Crippen molar-refractivity contribution in [3.8, 4) is 17.2 Å². The van der Waals surface area contributed by atoms with Crippen LogP contribution < -0.4 is 0 Å². The summed E-state index contributed by atoms with van der Waals surface area (Å²) in [4.78, 5) is 21.5. The Morgan fingerprint density at radius 1 is 1.32 bits per heavy atom. The summed E-state index contributed by atoms with van der Waals surface area (Å²) < 4.78 is 1.88. The minimum atomic E-state index is -0.365. The normalized spacial score (nSPS) is 21.9. The van der Waals surface area contributed by atoms with Crippen molar-refractivity contribution in [2.24, 2.45) is 10.9 Å². The Morgan fingerprint density at radius 3 is 2.96 bits per heavy atom. The standard InChI is InChI=1S/C19H17N5O/c20-7-5-15(11-3-1-2-4-11)24-10-14-12-6-8-21-19-16(12)13(9-22-19)18(25)17(14)23-24/h6,8-11,13,15H,1-5H2/t13?,15-/m0/s1. The van der Waals surface area contributed by atoms with E-state index in [0.29, 0.717) is 23.9 Å². The van der Waals surface area contributed by atoms with E-state index in [0.717, 1.165) is 29.5 Å². The van der Waals surface area contributed by atoms with Crippen LogP contribution in [0.4, 0.5) is 5.82 Å². The number of nitrogens with zero attached hydrogens (tertiary/aromatic N) is 5. The molecular weight excluding hydrogens is 314 g/mol. The lowest BCUT2D eigenvalue weighted by Gasteiger charge is -2.21. The van der Waals surface area contributed by atoms with Crippen LogP contribution in [0.5, 0.6) is 0 Å². The topological polar surface area (TPSA) is 83.9 Å². The van der Waals surface area contributed by atoms with Gasteiger partial charge in [0, 0.05) is 29.7 Å². The van der Waals surface area contributed by atoms with E-state index in [1.165, 1.54) is 12.8 Å². The van der Waals surface area contributed by atoms with E-state index in [1.807, 2.05) is 16.9 Å². The second kappa shape index (κ2) is 5.35. The van der Waals surface area contributed by atoms with E-state index in [4.69, 9.17) is 0 Å². The van der Waals surface area contributed by atoms with Gasteiger partial charge in [-0.2, -0.15) is 10.4 Å². The lowest BCUT2D eigenvalue weighted by molar-refractivity contribution is 0.0977. The first-order valence-electron chi connectivity index (χ1n) is 8.81. The molecule has 2 atom stereocenters. The Bertz CT molecular complexity index is 945. The third kappa shape index (κ3) is 2.02. The fourth-order valence-electron chi connectivity index (χ4n) is 4.52. The summed E-state index contributed by atoms with van der Waals surface area (Å²) in [7, 11) is 0. The zero-order valence-corrected chi connectivity index (χ0v) is 13.7. The zero-order chi connectivity index (χ0) is 17.0. The number of aliphatic imine (C=N–C) groups is 1. The lowest BCUT2D eigenvalue weighted by Crippen LogP contribution is -2.20. The number of carbonyl (C=O) groups excluding carboxylic acids is 1. The number of nitriles is 1. The van der Waals surface area contributed by atoms with E-state index in [1.54, 1.807) is 12.4 Å². The molecule has 3 aliphatic rings. The summed E-state index contributed by atoms with van der Waals surface area (Å²) >= 11 is 0. The van der Waals surface area contributed by atoms with Gasteiger partial charge in [-0.05, 0) is 30.4 Å². The van der Waals surface area contributed by atoms with Gasteiger partial charge in [0.25, 0.3) is 0 Å². The van der Waals surface area contributed by atoms with E-state index < -0.39 is 0 Å². The zero-order valence-electron chi connectivity index (χ0n) is 13.7. The van der Waals surface area contributed by atoms with Crippen LogP contribution in [-0.2, 0) is 0 Å². The molecule has 1 fully saturated rings. The Kier molecular flexibility index (Phi) is 3.11. The number of rotatable bonds is 3. The molecule has 1 unspecified atom stereocenters. The van der Waals surface area contributed by atoms with E-state index in [-0.39, 0.29) is 17.7 Å². The lowest BCUT2D eigenvalue weighted by atomic mass is 9.83. The molecule has 2 aromatic rings. The second-order valence-electron chi connectivity index (χ2n) is 7.06. The van der Waals surface area contributed by atoms with E-state index in [2.05, 4.69) is 21.1 Å². The Morgan fingerprint density at radius 2 is 2.16 bits per heavy atom. The van der Waals surface area contributed by atoms with Gasteiger partial charge in [-0.3, -0.25) is 9.48 Å². The first-order chi connectivity index (χ1) is 12.3. The van der Waals surface area contributed by atoms with E-state index in [9.17, 15) is 10.1 Å². The fraction of sp³-hybridized carbons (Fsp3) is 0.421. The van der Waals surface area contributed by atoms with Gasteiger partial charge in [0.05, 0.1) is 24.4 Å². The highest BCUT2D eigenvalue weighted by Crippen LogP contribution is 2.46. The molecule has 0 spiro atoms. The molecule has 2 aliphatic carbocycles. The molecule has 0 bridgehead atoms. The predicted octanol–water partition coefficient (Wildman–Crippen LogP) is 3.59. The van der Waals surface area contributed by atoms with Gasteiger partial charge in [-0.1, -0.05) is 12.8 Å². The van der Waals surface area contributed by atoms with E-state index >= 15 is 0 Å². The fourth-order valence-corrected chi connectivity index (χ4v) is 4.52. The molecule has 3 heterocycles. The number of fused-ring (bicyclic) bond motifs is 2. The van der Waals surface area contributed by atoms with Gasteiger partial charge in [-0.15, -0.1) is 0 Å². The highest BCUT2D eigenvalue weighted by molar-refractivity contribution is 6.18. The van der Waals surface area contributed by atoms with Crippen molar-refractivity contribution in [3.05, 3.63) is 29.7 Å².